The van der Waals surface area contributed by atoms with E-state index < -0.39 is 6.10 Å². The molecule has 1 atom stereocenters. The molecule has 0 spiro atoms. The highest BCUT2D eigenvalue weighted by atomic mass is 35.5. The van der Waals surface area contributed by atoms with Crippen molar-refractivity contribution in [1.82, 2.24) is 0 Å². The zero-order valence-electron chi connectivity index (χ0n) is 7.91. The summed E-state index contributed by atoms with van der Waals surface area (Å²) in [6.07, 6.45) is 0.811. The molecule has 0 aromatic heterocycles. The maximum Gasteiger partial charge on any atom is 0.0810 e. The first-order valence-electron chi connectivity index (χ1n) is 4.58. The lowest BCUT2D eigenvalue weighted by atomic mass is 10.0. The third kappa shape index (κ3) is 2.87. The molecule has 0 saturated heterocycles. The van der Waals surface area contributed by atoms with Crippen molar-refractivity contribution in [1.29, 1.82) is 0 Å². The number of benzene rings is 1. The molecule has 0 saturated carbocycles. The minimum Gasteiger partial charge on any atom is -0.398 e. The normalized spacial score (nSPS) is 12.8. The van der Waals surface area contributed by atoms with Crippen molar-refractivity contribution in [2.24, 2.45) is 5.73 Å². The standard InChI is InChI=1S/C10H15ClN2O/c11-7-3-4-9(13)8(6-7)10(14)2-1-5-12/h3-4,6,10,14H,1-2,5,12-13H2. The van der Waals surface area contributed by atoms with Crippen LogP contribution in [0.2, 0.25) is 5.02 Å². The second-order valence-electron chi connectivity index (χ2n) is 3.22. The molecule has 0 fully saturated rings. The van der Waals surface area contributed by atoms with Crippen molar-refractivity contribution in [2.45, 2.75) is 18.9 Å². The molecular formula is C10H15ClN2O. The second kappa shape index (κ2) is 5.20. The quantitative estimate of drug-likeness (QED) is 0.668. The minimum absolute atomic E-state index is 0.567. The molecule has 1 unspecified atom stereocenters. The Kier molecular flexibility index (Phi) is 4.20. The van der Waals surface area contributed by atoms with Crippen LogP contribution in [0.3, 0.4) is 0 Å². The fraction of sp³-hybridized carbons (Fsp3) is 0.400. The largest absolute Gasteiger partial charge is 0.398 e. The zero-order chi connectivity index (χ0) is 10.6. The van der Waals surface area contributed by atoms with Gasteiger partial charge < -0.3 is 16.6 Å². The van der Waals surface area contributed by atoms with E-state index >= 15 is 0 Å². The molecule has 0 aliphatic rings. The summed E-state index contributed by atoms with van der Waals surface area (Å²) < 4.78 is 0. The predicted octanol–water partition coefficient (Wildman–Crippen LogP) is 1.69. The van der Waals surface area contributed by atoms with Crippen LogP contribution in [-0.2, 0) is 0 Å². The number of rotatable bonds is 4. The first-order chi connectivity index (χ1) is 6.65. The number of nitrogen functional groups attached to an aromatic ring is 1. The first kappa shape index (κ1) is 11.3. The third-order valence-corrected chi connectivity index (χ3v) is 2.32. The van der Waals surface area contributed by atoms with E-state index in [0.29, 0.717) is 29.2 Å². The molecule has 0 bridgehead atoms. The second-order valence-corrected chi connectivity index (χ2v) is 3.66. The average molecular weight is 215 g/mol. The van der Waals surface area contributed by atoms with E-state index in [-0.39, 0.29) is 0 Å². The minimum atomic E-state index is -0.572. The SMILES string of the molecule is NCCCC(O)c1cc(Cl)ccc1N. The van der Waals surface area contributed by atoms with E-state index in [4.69, 9.17) is 23.1 Å². The molecule has 78 valence electrons. The Morgan fingerprint density at radius 3 is 2.79 bits per heavy atom. The number of aliphatic hydroxyl groups excluding tert-OH is 1. The topological polar surface area (TPSA) is 72.3 Å². The Labute approximate surface area is 88.7 Å². The monoisotopic (exact) mass is 214 g/mol. The van der Waals surface area contributed by atoms with Gasteiger partial charge in [-0.1, -0.05) is 11.6 Å². The van der Waals surface area contributed by atoms with Gasteiger partial charge in [0.1, 0.15) is 0 Å². The Morgan fingerprint density at radius 1 is 1.43 bits per heavy atom. The maximum atomic E-state index is 9.76. The molecular weight excluding hydrogens is 200 g/mol. The zero-order valence-corrected chi connectivity index (χ0v) is 8.67. The van der Waals surface area contributed by atoms with Gasteiger partial charge in [-0.2, -0.15) is 0 Å². The Bertz CT molecular complexity index is 304. The molecule has 4 heteroatoms. The number of hydrogen-bond donors (Lipinski definition) is 3. The van der Waals surface area contributed by atoms with Gasteiger partial charge in [-0.15, -0.1) is 0 Å². The van der Waals surface area contributed by atoms with Crippen LogP contribution in [0, 0.1) is 0 Å². The van der Waals surface area contributed by atoms with Crippen LogP contribution >= 0.6 is 11.6 Å². The molecule has 14 heavy (non-hydrogen) atoms. The molecule has 0 aliphatic carbocycles. The van der Waals surface area contributed by atoms with E-state index in [2.05, 4.69) is 0 Å². The summed E-state index contributed by atoms with van der Waals surface area (Å²) in [5.41, 5.74) is 12.3. The van der Waals surface area contributed by atoms with E-state index in [0.717, 1.165) is 6.42 Å². The van der Waals surface area contributed by atoms with E-state index in [9.17, 15) is 5.11 Å². The number of anilines is 1. The van der Waals surface area contributed by atoms with Gasteiger partial charge in [0, 0.05) is 16.3 Å². The number of halogens is 1. The molecule has 3 nitrogen and oxygen atoms in total. The van der Waals surface area contributed by atoms with Crippen LogP contribution in [0.1, 0.15) is 24.5 Å². The number of nitrogens with two attached hydrogens (primary N) is 2. The fourth-order valence-electron chi connectivity index (χ4n) is 1.30. The predicted molar refractivity (Wildman–Crippen MR) is 59.1 cm³/mol. The third-order valence-electron chi connectivity index (χ3n) is 2.09. The molecule has 1 rings (SSSR count). The van der Waals surface area contributed by atoms with E-state index in [1.807, 2.05) is 0 Å². The Balaban J connectivity index is 2.77. The van der Waals surface area contributed by atoms with Crippen LogP contribution in [-0.4, -0.2) is 11.7 Å². The molecule has 0 heterocycles. The lowest BCUT2D eigenvalue weighted by molar-refractivity contribution is 0.166. The van der Waals surface area contributed by atoms with Gasteiger partial charge in [-0.05, 0) is 37.6 Å². The highest BCUT2D eigenvalue weighted by molar-refractivity contribution is 6.30. The van der Waals surface area contributed by atoms with Gasteiger partial charge in [0.05, 0.1) is 6.10 Å². The van der Waals surface area contributed by atoms with Crippen molar-refractivity contribution in [3.8, 4) is 0 Å². The number of aliphatic hydroxyl groups is 1. The lowest BCUT2D eigenvalue weighted by Crippen LogP contribution is -2.06. The van der Waals surface area contributed by atoms with Crippen LogP contribution in [0.5, 0.6) is 0 Å². The fourth-order valence-corrected chi connectivity index (χ4v) is 1.48. The van der Waals surface area contributed by atoms with Crippen molar-refractivity contribution in [3.63, 3.8) is 0 Å². The van der Waals surface area contributed by atoms with Gasteiger partial charge >= 0.3 is 0 Å². The summed E-state index contributed by atoms with van der Waals surface area (Å²) >= 11 is 5.80. The summed E-state index contributed by atoms with van der Waals surface area (Å²) in [5.74, 6) is 0. The highest BCUT2D eigenvalue weighted by Crippen LogP contribution is 2.26. The van der Waals surface area contributed by atoms with E-state index in [1.54, 1.807) is 18.2 Å². The summed E-state index contributed by atoms with van der Waals surface area (Å²) in [7, 11) is 0. The summed E-state index contributed by atoms with van der Waals surface area (Å²) in [6, 6.07) is 5.09. The van der Waals surface area contributed by atoms with Crippen LogP contribution in [0.15, 0.2) is 18.2 Å². The van der Waals surface area contributed by atoms with Gasteiger partial charge in [0.25, 0.3) is 0 Å². The molecule has 5 N–H and O–H groups in total. The lowest BCUT2D eigenvalue weighted by Gasteiger charge is -2.13. The smallest absolute Gasteiger partial charge is 0.0810 e. The van der Waals surface area contributed by atoms with E-state index in [1.165, 1.54) is 0 Å². The first-order valence-corrected chi connectivity index (χ1v) is 4.96. The summed E-state index contributed by atoms with van der Waals surface area (Å²) in [4.78, 5) is 0. The molecule has 1 aromatic carbocycles. The summed E-state index contributed by atoms with van der Waals surface area (Å²) in [6.45, 7) is 0.567. The van der Waals surface area contributed by atoms with Crippen molar-refractivity contribution in [2.75, 3.05) is 12.3 Å². The molecule has 0 amide bonds. The average Bonchev–Trinajstić information content (AvgIpc) is 2.18. The summed E-state index contributed by atoms with van der Waals surface area (Å²) in [5, 5.41) is 10.3. The van der Waals surface area contributed by atoms with Gasteiger partial charge in [-0.3, -0.25) is 0 Å². The van der Waals surface area contributed by atoms with Gasteiger partial charge in [0.2, 0.25) is 0 Å². The Hall–Kier alpha value is -0.770. The van der Waals surface area contributed by atoms with Crippen LogP contribution in [0.4, 0.5) is 5.69 Å². The van der Waals surface area contributed by atoms with Gasteiger partial charge in [0.15, 0.2) is 0 Å². The van der Waals surface area contributed by atoms with Gasteiger partial charge in [-0.25, -0.2) is 0 Å². The van der Waals surface area contributed by atoms with Crippen molar-refractivity contribution < 1.29 is 5.11 Å². The number of hydrogen-bond acceptors (Lipinski definition) is 3. The maximum absolute atomic E-state index is 9.76. The van der Waals surface area contributed by atoms with Crippen molar-refractivity contribution in [3.05, 3.63) is 28.8 Å². The highest BCUT2D eigenvalue weighted by Gasteiger charge is 2.10. The van der Waals surface area contributed by atoms with Crippen LogP contribution in [0.25, 0.3) is 0 Å². The molecule has 0 radical (unpaired) electrons. The molecule has 1 aromatic rings. The Morgan fingerprint density at radius 2 is 2.14 bits per heavy atom. The van der Waals surface area contributed by atoms with Crippen molar-refractivity contribution >= 4 is 17.3 Å². The molecule has 0 aliphatic heterocycles. The van der Waals surface area contributed by atoms with Crippen LogP contribution < -0.4 is 11.5 Å².